The van der Waals surface area contributed by atoms with E-state index in [0.717, 1.165) is 18.1 Å². The molecular formula is C14H16ClNOS. The van der Waals surface area contributed by atoms with Gasteiger partial charge in [0, 0.05) is 29.5 Å². The van der Waals surface area contributed by atoms with Crippen LogP contribution >= 0.6 is 22.9 Å². The minimum Gasteiger partial charge on any atom is -0.395 e. The van der Waals surface area contributed by atoms with Gasteiger partial charge in [-0.3, -0.25) is 4.90 Å². The van der Waals surface area contributed by atoms with Crippen LogP contribution in [0, 0.1) is 0 Å². The van der Waals surface area contributed by atoms with Crippen LogP contribution in [-0.4, -0.2) is 23.2 Å². The topological polar surface area (TPSA) is 23.5 Å². The first kappa shape index (κ1) is 13.6. The van der Waals surface area contributed by atoms with E-state index >= 15 is 0 Å². The van der Waals surface area contributed by atoms with Crippen molar-refractivity contribution in [1.82, 2.24) is 4.90 Å². The summed E-state index contributed by atoms with van der Waals surface area (Å²) in [5.74, 6) is 0. The minimum atomic E-state index is 0.180. The Morgan fingerprint density at radius 2 is 1.89 bits per heavy atom. The van der Waals surface area contributed by atoms with Gasteiger partial charge in [0.2, 0.25) is 0 Å². The van der Waals surface area contributed by atoms with Gasteiger partial charge in [-0.05, 0) is 29.1 Å². The zero-order valence-electron chi connectivity index (χ0n) is 10.1. The van der Waals surface area contributed by atoms with Crippen LogP contribution in [0.4, 0.5) is 0 Å². The number of halogens is 1. The van der Waals surface area contributed by atoms with E-state index in [4.69, 9.17) is 16.7 Å². The highest BCUT2D eigenvalue weighted by molar-refractivity contribution is 7.09. The highest BCUT2D eigenvalue weighted by Gasteiger charge is 2.07. The van der Waals surface area contributed by atoms with Crippen LogP contribution < -0.4 is 0 Å². The van der Waals surface area contributed by atoms with Crippen LogP contribution in [0.2, 0.25) is 5.02 Å². The molecule has 0 aliphatic heterocycles. The number of nitrogens with zero attached hydrogens (tertiary/aromatic N) is 1. The van der Waals surface area contributed by atoms with Crippen molar-refractivity contribution in [2.24, 2.45) is 0 Å². The third kappa shape index (κ3) is 4.10. The van der Waals surface area contributed by atoms with Gasteiger partial charge in [0.05, 0.1) is 6.61 Å². The van der Waals surface area contributed by atoms with Crippen LogP contribution in [0.25, 0.3) is 0 Å². The molecule has 0 radical (unpaired) electrons. The van der Waals surface area contributed by atoms with Crippen LogP contribution in [0.15, 0.2) is 41.8 Å². The number of aliphatic hydroxyl groups excluding tert-OH is 1. The molecule has 4 heteroatoms. The van der Waals surface area contributed by atoms with Gasteiger partial charge in [0.15, 0.2) is 0 Å². The molecule has 0 saturated carbocycles. The average molecular weight is 282 g/mol. The molecule has 0 spiro atoms. The number of aliphatic hydroxyl groups is 1. The summed E-state index contributed by atoms with van der Waals surface area (Å²) in [6.07, 6.45) is 0. The highest BCUT2D eigenvalue weighted by atomic mass is 35.5. The molecule has 0 fully saturated rings. The Kier molecular flexibility index (Phi) is 5.20. The Bertz CT molecular complexity index is 455. The third-order valence-corrected chi connectivity index (χ3v) is 3.81. The molecule has 2 aromatic rings. The summed E-state index contributed by atoms with van der Waals surface area (Å²) >= 11 is 7.62. The minimum absolute atomic E-state index is 0.180. The van der Waals surface area contributed by atoms with E-state index in [9.17, 15) is 0 Å². The lowest BCUT2D eigenvalue weighted by Gasteiger charge is -2.20. The van der Waals surface area contributed by atoms with Gasteiger partial charge in [-0.1, -0.05) is 29.8 Å². The van der Waals surface area contributed by atoms with Crippen LogP contribution in [0.3, 0.4) is 0 Å². The summed E-state index contributed by atoms with van der Waals surface area (Å²) in [5, 5.41) is 12.0. The van der Waals surface area contributed by atoms with E-state index in [1.54, 1.807) is 11.3 Å². The third-order valence-electron chi connectivity index (χ3n) is 2.70. The van der Waals surface area contributed by atoms with Gasteiger partial charge in [0.1, 0.15) is 0 Å². The van der Waals surface area contributed by atoms with Crippen molar-refractivity contribution in [2.45, 2.75) is 13.1 Å². The Labute approximate surface area is 116 Å². The van der Waals surface area contributed by atoms with Crippen molar-refractivity contribution in [3.8, 4) is 0 Å². The number of rotatable bonds is 6. The molecule has 18 heavy (non-hydrogen) atoms. The molecule has 0 atom stereocenters. The van der Waals surface area contributed by atoms with Crippen LogP contribution in [0.1, 0.15) is 10.4 Å². The maximum Gasteiger partial charge on any atom is 0.0558 e. The Hall–Kier alpha value is -0.870. The summed E-state index contributed by atoms with van der Waals surface area (Å²) in [5.41, 5.74) is 1.21. The van der Waals surface area contributed by atoms with Gasteiger partial charge in [0.25, 0.3) is 0 Å². The lowest BCUT2D eigenvalue weighted by atomic mass is 10.2. The van der Waals surface area contributed by atoms with Crippen molar-refractivity contribution in [1.29, 1.82) is 0 Å². The first-order chi connectivity index (χ1) is 8.78. The van der Waals surface area contributed by atoms with Crippen LogP contribution in [0.5, 0.6) is 0 Å². The molecule has 1 N–H and O–H groups in total. The molecular weight excluding hydrogens is 266 g/mol. The molecule has 0 bridgehead atoms. The number of thiophene rings is 1. The number of benzene rings is 1. The maximum absolute atomic E-state index is 9.13. The van der Waals surface area contributed by atoms with Crippen molar-refractivity contribution < 1.29 is 5.11 Å². The van der Waals surface area contributed by atoms with Crippen molar-refractivity contribution in [3.05, 3.63) is 57.2 Å². The molecule has 1 heterocycles. The molecule has 2 rings (SSSR count). The van der Waals surface area contributed by atoms with E-state index in [-0.39, 0.29) is 6.61 Å². The molecule has 0 aliphatic rings. The maximum atomic E-state index is 9.13. The number of hydrogen-bond acceptors (Lipinski definition) is 3. The molecule has 0 saturated heterocycles. The van der Waals surface area contributed by atoms with Gasteiger partial charge in [-0.15, -0.1) is 11.3 Å². The average Bonchev–Trinajstić information content (AvgIpc) is 2.85. The smallest absolute Gasteiger partial charge is 0.0558 e. The van der Waals surface area contributed by atoms with E-state index in [1.807, 2.05) is 24.3 Å². The van der Waals surface area contributed by atoms with Gasteiger partial charge >= 0.3 is 0 Å². The van der Waals surface area contributed by atoms with Crippen molar-refractivity contribution >= 4 is 22.9 Å². The summed E-state index contributed by atoms with van der Waals surface area (Å²) in [6, 6.07) is 12.0. The molecule has 96 valence electrons. The fourth-order valence-electron chi connectivity index (χ4n) is 1.83. The standard InChI is InChI=1S/C14H16ClNOS/c15-13-5-3-12(4-6-13)10-16(7-8-17)11-14-2-1-9-18-14/h1-6,9,17H,7-8,10-11H2. The summed E-state index contributed by atoms with van der Waals surface area (Å²) in [4.78, 5) is 3.55. The molecule has 1 aromatic carbocycles. The zero-order valence-corrected chi connectivity index (χ0v) is 11.6. The Morgan fingerprint density at radius 1 is 1.11 bits per heavy atom. The predicted molar refractivity (Wildman–Crippen MR) is 77.0 cm³/mol. The highest BCUT2D eigenvalue weighted by Crippen LogP contribution is 2.15. The Balaban J connectivity index is 1.99. The zero-order chi connectivity index (χ0) is 12.8. The summed E-state index contributed by atoms with van der Waals surface area (Å²) in [7, 11) is 0. The van der Waals surface area contributed by atoms with E-state index < -0.39 is 0 Å². The second-order valence-electron chi connectivity index (χ2n) is 4.14. The van der Waals surface area contributed by atoms with E-state index in [2.05, 4.69) is 22.4 Å². The normalized spacial score (nSPS) is 11.1. The first-order valence-electron chi connectivity index (χ1n) is 5.88. The molecule has 2 nitrogen and oxygen atoms in total. The van der Waals surface area contributed by atoms with Crippen molar-refractivity contribution in [3.63, 3.8) is 0 Å². The Morgan fingerprint density at radius 3 is 2.50 bits per heavy atom. The lowest BCUT2D eigenvalue weighted by Crippen LogP contribution is -2.25. The molecule has 0 aliphatic carbocycles. The lowest BCUT2D eigenvalue weighted by molar-refractivity contribution is 0.185. The largest absolute Gasteiger partial charge is 0.395 e. The molecule has 0 amide bonds. The second kappa shape index (κ2) is 6.90. The number of hydrogen-bond donors (Lipinski definition) is 1. The van der Waals surface area contributed by atoms with Crippen LogP contribution in [-0.2, 0) is 13.1 Å². The van der Waals surface area contributed by atoms with Gasteiger partial charge < -0.3 is 5.11 Å². The fourth-order valence-corrected chi connectivity index (χ4v) is 2.70. The predicted octanol–water partition coefficient (Wildman–Crippen LogP) is 3.40. The molecule has 1 aromatic heterocycles. The van der Waals surface area contributed by atoms with E-state index in [0.29, 0.717) is 6.54 Å². The summed E-state index contributed by atoms with van der Waals surface area (Å²) in [6.45, 7) is 2.57. The van der Waals surface area contributed by atoms with Crippen molar-refractivity contribution in [2.75, 3.05) is 13.2 Å². The van der Waals surface area contributed by atoms with E-state index in [1.165, 1.54) is 10.4 Å². The van der Waals surface area contributed by atoms with Gasteiger partial charge in [-0.2, -0.15) is 0 Å². The SMILES string of the molecule is OCCN(Cc1ccc(Cl)cc1)Cc1cccs1. The fraction of sp³-hybridized carbons (Fsp3) is 0.286. The molecule has 0 unspecified atom stereocenters. The first-order valence-corrected chi connectivity index (χ1v) is 7.14. The monoisotopic (exact) mass is 281 g/mol. The summed E-state index contributed by atoms with van der Waals surface area (Å²) < 4.78 is 0. The quantitative estimate of drug-likeness (QED) is 0.877. The second-order valence-corrected chi connectivity index (χ2v) is 5.61. The van der Waals surface area contributed by atoms with Gasteiger partial charge in [-0.25, -0.2) is 0 Å².